The molecule has 2 aromatic rings. The molecule has 0 aliphatic carbocycles. The third-order valence-corrected chi connectivity index (χ3v) is 3.92. The summed E-state index contributed by atoms with van der Waals surface area (Å²) in [7, 11) is 0. The maximum atomic E-state index is 10.1. The quantitative estimate of drug-likeness (QED) is 0.671. The highest BCUT2D eigenvalue weighted by Crippen LogP contribution is 2.13. The Kier molecular flexibility index (Phi) is 7.04. The van der Waals surface area contributed by atoms with E-state index in [1.165, 1.54) is 18.4 Å². The second-order valence-electron chi connectivity index (χ2n) is 5.56. The predicted molar refractivity (Wildman–Crippen MR) is 101 cm³/mol. The number of unbranched alkanes of at least 4 members (excludes halogenated alkanes) is 1. The summed E-state index contributed by atoms with van der Waals surface area (Å²) >= 11 is 5.27. The minimum absolute atomic E-state index is 0.379. The maximum Gasteiger partial charge on any atom is 0.170 e. The Morgan fingerprint density at radius 2 is 1.78 bits per heavy atom. The van der Waals surface area contributed by atoms with E-state index in [9.17, 15) is 5.11 Å². The zero-order valence-corrected chi connectivity index (χ0v) is 14.3. The first-order chi connectivity index (χ1) is 11.2. The second kappa shape index (κ2) is 9.28. The van der Waals surface area contributed by atoms with Crippen LogP contribution in [0.3, 0.4) is 0 Å². The molecule has 0 saturated carbocycles. The van der Waals surface area contributed by atoms with Gasteiger partial charge in [-0.3, -0.25) is 0 Å². The Balaban J connectivity index is 1.78. The fourth-order valence-corrected chi connectivity index (χ4v) is 2.49. The highest BCUT2D eigenvalue weighted by molar-refractivity contribution is 7.80. The highest BCUT2D eigenvalue weighted by Gasteiger charge is 2.07. The molecule has 0 radical (unpaired) electrons. The van der Waals surface area contributed by atoms with E-state index >= 15 is 0 Å². The van der Waals surface area contributed by atoms with Crippen molar-refractivity contribution in [1.82, 2.24) is 5.32 Å². The van der Waals surface area contributed by atoms with E-state index in [2.05, 4.69) is 29.7 Å². The van der Waals surface area contributed by atoms with Gasteiger partial charge in [0.2, 0.25) is 0 Å². The van der Waals surface area contributed by atoms with Gasteiger partial charge in [-0.2, -0.15) is 0 Å². The molecule has 3 N–H and O–H groups in total. The lowest BCUT2D eigenvalue weighted by atomic mass is 10.1. The number of aliphatic hydroxyl groups excluding tert-OH is 1. The van der Waals surface area contributed by atoms with Gasteiger partial charge in [0.05, 0.1) is 6.10 Å². The van der Waals surface area contributed by atoms with Crippen LogP contribution in [0.15, 0.2) is 54.6 Å². The number of rotatable bonds is 7. The molecule has 0 saturated heterocycles. The highest BCUT2D eigenvalue weighted by atomic mass is 32.1. The molecule has 23 heavy (non-hydrogen) atoms. The average molecular weight is 328 g/mol. The lowest BCUT2D eigenvalue weighted by molar-refractivity contribution is 0.181. The first kappa shape index (κ1) is 17.4. The van der Waals surface area contributed by atoms with Crippen molar-refractivity contribution in [2.24, 2.45) is 0 Å². The minimum Gasteiger partial charge on any atom is -0.387 e. The van der Waals surface area contributed by atoms with Crippen LogP contribution in [0.5, 0.6) is 0 Å². The average Bonchev–Trinajstić information content (AvgIpc) is 2.60. The lowest BCUT2D eigenvalue weighted by Gasteiger charge is -2.15. The van der Waals surface area contributed by atoms with Crippen molar-refractivity contribution in [1.29, 1.82) is 0 Å². The number of thiocarbonyl (C=S) groups is 1. The molecule has 0 spiro atoms. The van der Waals surface area contributed by atoms with Crippen LogP contribution in [0, 0.1) is 0 Å². The molecular formula is C19H24N2OS. The van der Waals surface area contributed by atoms with Crippen LogP contribution in [0.1, 0.15) is 37.0 Å². The van der Waals surface area contributed by atoms with Crippen LogP contribution in [0.2, 0.25) is 0 Å². The summed E-state index contributed by atoms with van der Waals surface area (Å²) in [6, 6.07) is 17.9. The fourth-order valence-electron chi connectivity index (χ4n) is 2.29. The summed E-state index contributed by atoms with van der Waals surface area (Å²) in [6.07, 6.45) is 2.96. The van der Waals surface area contributed by atoms with Crippen molar-refractivity contribution in [2.45, 2.75) is 32.3 Å². The number of hydrogen-bond acceptors (Lipinski definition) is 2. The Labute approximate surface area is 143 Å². The molecule has 4 heteroatoms. The number of nitrogens with one attached hydrogen (secondary N) is 2. The molecular weight excluding hydrogens is 304 g/mol. The topological polar surface area (TPSA) is 44.3 Å². The lowest BCUT2D eigenvalue weighted by Crippen LogP contribution is -2.32. The summed E-state index contributed by atoms with van der Waals surface area (Å²) in [4.78, 5) is 0. The van der Waals surface area contributed by atoms with Gasteiger partial charge < -0.3 is 15.7 Å². The summed E-state index contributed by atoms with van der Waals surface area (Å²) < 4.78 is 0. The molecule has 0 aliphatic rings. The Hall–Kier alpha value is -1.91. The van der Waals surface area contributed by atoms with Gasteiger partial charge in [-0.15, -0.1) is 0 Å². The molecule has 122 valence electrons. The number of aryl methyl sites for hydroxylation is 1. The SMILES string of the molecule is CCCCc1ccc(NC(=S)NC[C@H](O)c2ccccc2)cc1. The molecule has 0 heterocycles. The first-order valence-corrected chi connectivity index (χ1v) is 8.46. The molecule has 0 unspecified atom stereocenters. The molecule has 1 atom stereocenters. The molecule has 0 aliphatic heterocycles. The van der Waals surface area contributed by atoms with Crippen LogP contribution >= 0.6 is 12.2 Å². The molecule has 0 amide bonds. The third kappa shape index (κ3) is 6.00. The van der Waals surface area contributed by atoms with Crippen LogP contribution in [0.25, 0.3) is 0 Å². The van der Waals surface area contributed by atoms with E-state index in [1.807, 2.05) is 42.5 Å². The van der Waals surface area contributed by atoms with Gasteiger partial charge >= 0.3 is 0 Å². The molecule has 2 aromatic carbocycles. The summed E-state index contributed by atoms with van der Waals surface area (Å²) in [5, 5.41) is 16.8. The second-order valence-corrected chi connectivity index (χ2v) is 5.97. The largest absolute Gasteiger partial charge is 0.387 e. The van der Waals surface area contributed by atoms with Crippen molar-refractivity contribution < 1.29 is 5.11 Å². The van der Waals surface area contributed by atoms with Crippen molar-refractivity contribution in [3.8, 4) is 0 Å². The van der Waals surface area contributed by atoms with E-state index in [0.29, 0.717) is 11.7 Å². The van der Waals surface area contributed by atoms with Gasteiger partial charge in [0.15, 0.2) is 5.11 Å². The van der Waals surface area contributed by atoms with Crippen LogP contribution in [-0.2, 0) is 6.42 Å². The monoisotopic (exact) mass is 328 g/mol. The predicted octanol–water partition coefficient (Wildman–Crippen LogP) is 4.05. The van der Waals surface area contributed by atoms with Crippen LogP contribution in [0.4, 0.5) is 5.69 Å². The summed E-state index contributed by atoms with van der Waals surface area (Å²) in [6.45, 7) is 2.58. The zero-order valence-electron chi connectivity index (χ0n) is 13.5. The fraction of sp³-hybridized carbons (Fsp3) is 0.316. The van der Waals surface area contributed by atoms with Gasteiger partial charge in [0, 0.05) is 12.2 Å². The summed E-state index contributed by atoms with van der Waals surface area (Å²) in [5.41, 5.74) is 3.18. The van der Waals surface area contributed by atoms with E-state index < -0.39 is 6.10 Å². The standard InChI is InChI=1S/C19H24N2OS/c1-2-3-7-15-10-12-17(13-11-15)21-19(23)20-14-18(22)16-8-5-4-6-9-16/h4-6,8-13,18,22H,2-3,7,14H2,1H3,(H2,20,21,23)/t18-/m0/s1. The van der Waals surface area contributed by atoms with E-state index in [1.54, 1.807) is 0 Å². The van der Waals surface area contributed by atoms with Gasteiger partial charge in [0.1, 0.15) is 0 Å². The third-order valence-electron chi connectivity index (χ3n) is 3.67. The number of hydrogen-bond donors (Lipinski definition) is 3. The van der Waals surface area contributed by atoms with Gasteiger partial charge in [0.25, 0.3) is 0 Å². The Morgan fingerprint density at radius 1 is 1.09 bits per heavy atom. The Bertz CT molecular complexity index is 599. The van der Waals surface area contributed by atoms with Crippen LogP contribution in [-0.4, -0.2) is 16.8 Å². The number of aliphatic hydroxyl groups is 1. The van der Waals surface area contributed by atoms with Gasteiger partial charge in [-0.1, -0.05) is 55.8 Å². The van der Waals surface area contributed by atoms with Crippen molar-refractivity contribution in [2.75, 3.05) is 11.9 Å². The molecule has 0 bridgehead atoms. The maximum absolute atomic E-state index is 10.1. The van der Waals surface area contributed by atoms with E-state index in [-0.39, 0.29) is 0 Å². The van der Waals surface area contributed by atoms with Crippen molar-refractivity contribution in [3.63, 3.8) is 0 Å². The first-order valence-electron chi connectivity index (χ1n) is 8.06. The summed E-state index contributed by atoms with van der Waals surface area (Å²) in [5.74, 6) is 0. The van der Waals surface area contributed by atoms with Gasteiger partial charge in [-0.25, -0.2) is 0 Å². The van der Waals surface area contributed by atoms with Crippen molar-refractivity contribution in [3.05, 3.63) is 65.7 Å². The van der Waals surface area contributed by atoms with Gasteiger partial charge in [-0.05, 0) is 48.3 Å². The smallest absolute Gasteiger partial charge is 0.170 e. The van der Waals surface area contributed by atoms with E-state index in [4.69, 9.17) is 12.2 Å². The van der Waals surface area contributed by atoms with E-state index in [0.717, 1.165) is 17.7 Å². The minimum atomic E-state index is -0.577. The van der Waals surface area contributed by atoms with Crippen LogP contribution < -0.4 is 10.6 Å². The van der Waals surface area contributed by atoms with Crippen molar-refractivity contribution >= 4 is 23.0 Å². The molecule has 3 nitrogen and oxygen atoms in total. The number of benzene rings is 2. The number of anilines is 1. The molecule has 0 aromatic heterocycles. The zero-order chi connectivity index (χ0) is 16.5. The molecule has 2 rings (SSSR count). The Morgan fingerprint density at radius 3 is 2.43 bits per heavy atom. The molecule has 0 fully saturated rings. The normalized spacial score (nSPS) is 11.7.